The summed E-state index contributed by atoms with van der Waals surface area (Å²) in [6.07, 6.45) is 14.2. The lowest BCUT2D eigenvalue weighted by atomic mass is 9.63. The summed E-state index contributed by atoms with van der Waals surface area (Å²) in [5.41, 5.74) is 2.89. The highest BCUT2D eigenvalue weighted by molar-refractivity contribution is 7.90. The minimum Gasteiger partial charge on any atom is -0.490 e. The molecule has 1 saturated carbocycles. The molecule has 3 fully saturated rings. The maximum atomic E-state index is 14.1. The van der Waals surface area contributed by atoms with Gasteiger partial charge in [0.05, 0.1) is 17.5 Å². The van der Waals surface area contributed by atoms with Gasteiger partial charge >= 0.3 is 0 Å². The third kappa shape index (κ3) is 7.90. The van der Waals surface area contributed by atoms with E-state index in [1.54, 1.807) is 13.2 Å². The molecule has 0 unspecified atom stereocenters. The van der Waals surface area contributed by atoms with Crippen LogP contribution in [0.2, 0.25) is 5.02 Å². The first-order valence-electron chi connectivity index (χ1n) is 21.1. The number of anilines is 1. The number of amides is 1. The Hall–Kier alpha value is -2.67. The van der Waals surface area contributed by atoms with Crippen LogP contribution in [0.25, 0.3) is 0 Å². The number of ether oxygens (including phenoxy) is 3. The Labute approximate surface area is 339 Å². The van der Waals surface area contributed by atoms with E-state index in [2.05, 4.69) is 43.7 Å². The fraction of sp³-hybridized carbons (Fsp3) is 0.659. The first-order chi connectivity index (χ1) is 27.0. The summed E-state index contributed by atoms with van der Waals surface area (Å²) in [4.78, 5) is 21.7. The summed E-state index contributed by atoms with van der Waals surface area (Å²) in [7, 11) is -0.608. The number of rotatable bonds is 6. The molecule has 10 nitrogen and oxygen atoms in total. The molecule has 2 aromatic rings. The molecule has 1 spiro atoms. The Bertz CT molecular complexity index is 1890. The summed E-state index contributed by atoms with van der Waals surface area (Å²) >= 11 is 6.53. The van der Waals surface area contributed by atoms with Crippen molar-refractivity contribution < 1.29 is 27.4 Å². The number of nitrogens with zero attached hydrogens (tertiary/aromatic N) is 3. The van der Waals surface area contributed by atoms with Gasteiger partial charge in [0, 0.05) is 82.1 Å². The highest BCUT2D eigenvalue weighted by Crippen LogP contribution is 2.49. The van der Waals surface area contributed by atoms with Crippen molar-refractivity contribution in [3.63, 3.8) is 0 Å². The topological polar surface area (TPSA) is 101 Å². The van der Waals surface area contributed by atoms with Crippen LogP contribution in [0.5, 0.6) is 5.75 Å². The summed E-state index contributed by atoms with van der Waals surface area (Å²) in [5.74, 6) is 0.424. The van der Waals surface area contributed by atoms with Crippen LogP contribution in [-0.4, -0.2) is 114 Å². The molecular formula is C44H61ClN4O6S. The monoisotopic (exact) mass is 808 g/mol. The van der Waals surface area contributed by atoms with E-state index >= 15 is 0 Å². The summed E-state index contributed by atoms with van der Waals surface area (Å²) in [6.45, 7) is 9.41. The van der Waals surface area contributed by atoms with Gasteiger partial charge in [-0.3, -0.25) is 14.6 Å². The molecule has 0 aromatic heterocycles. The van der Waals surface area contributed by atoms with E-state index < -0.39 is 26.8 Å². The smallest absolute Gasteiger partial charge is 0.264 e. The van der Waals surface area contributed by atoms with Crippen molar-refractivity contribution in [2.75, 3.05) is 78.1 Å². The van der Waals surface area contributed by atoms with Gasteiger partial charge in [0.15, 0.2) is 0 Å². The zero-order valence-electron chi connectivity index (χ0n) is 33.5. The van der Waals surface area contributed by atoms with Crippen molar-refractivity contribution in [2.45, 2.75) is 93.4 Å². The molecule has 4 heterocycles. The van der Waals surface area contributed by atoms with Gasteiger partial charge in [-0.1, -0.05) is 43.2 Å². The first kappa shape index (κ1) is 40.1. The number of piperidine rings is 1. The molecule has 56 heavy (non-hydrogen) atoms. The maximum absolute atomic E-state index is 14.1. The van der Waals surface area contributed by atoms with Crippen molar-refractivity contribution in [1.82, 2.24) is 14.5 Å². The minimum atomic E-state index is -4.06. The van der Waals surface area contributed by atoms with Crippen molar-refractivity contribution >= 4 is 33.2 Å². The van der Waals surface area contributed by atoms with Crippen LogP contribution >= 0.6 is 11.6 Å². The van der Waals surface area contributed by atoms with E-state index in [9.17, 15) is 13.2 Å². The zero-order valence-corrected chi connectivity index (χ0v) is 35.1. The third-order valence-corrected chi connectivity index (χ3v) is 16.6. The van der Waals surface area contributed by atoms with Crippen molar-refractivity contribution in [2.24, 2.45) is 17.8 Å². The average Bonchev–Trinajstić information content (AvgIpc) is 3.32. The van der Waals surface area contributed by atoms with Gasteiger partial charge in [0.1, 0.15) is 11.4 Å². The van der Waals surface area contributed by atoms with E-state index in [1.165, 1.54) is 36.9 Å². The van der Waals surface area contributed by atoms with Crippen LogP contribution in [0.1, 0.15) is 86.2 Å². The van der Waals surface area contributed by atoms with Crippen molar-refractivity contribution in [3.8, 4) is 5.75 Å². The average molecular weight is 810 g/mol. The minimum absolute atomic E-state index is 0.261. The molecule has 1 amide bonds. The molecule has 2 bridgehead atoms. The Balaban J connectivity index is 1.20. The molecule has 2 aromatic carbocycles. The van der Waals surface area contributed by atoms with E-state index in [1.807, 2.05) is 32.2 Å². The molecule has 2 saturated heterocycles. The van der Waals surface area contributed by atoms with Crippen LogP contribution in [0, 0.1) is 17.8 Å². The largest absolute Gasteiger partial charge is 0.490 e. The summed E-state index contributed by atoms with van der Waals surface area (Å²) in [6, 6.07) is 12.3. The molecule has 6 aliphatic rings. The fourth-order valence-corrected chi connectivity index (χ4v) is 13.0. The number of methoxy groups -OCH3 is 2. The standard InChI is InChI=1S/C44H61ClN4O6S/c1-31-8-6-19-44(54-3,29-47-21-22-48-20-5-4-10-36(48)27-47)38-14-11-34(38)26-49-28-43(18-7-9-32-24-35(45)13-15-37(32)43)30-55-40-16-12-33(25-39(40)49)42(50)46-56(51,52)41(31)17-23-53-2/h6,12-13,15-16,19,24-25,31,34,36,38,41H,4-5,7-11,14,17-18,20-23,26-30H2,1-3H3,(H,46,50)/b19-6+/t31-,34-,36+,38+,41+,43-,44+/m0/s1. The number of hydrogen-bond acceptors (Lipinski definition) is 9. The number of nitrogens with one attached hydrogen (secondary N) is 1. The second kappa shape index (κ2) is 16.5. The van der Waals surface area contributed by atoms with Gasteiger partial charge in [-0.05, 0) is 124 Å². The van der Waals surface area contributed by atoms with Gasteiger partial charge in [0.2, 0.25) is 10.0 Å². The molecule has 0 radical (unpaired) electrons. The maximum Gasteiger partial charge on any atom is 0.264 e. The van der Waals surface area contributed by atoms with E-state index in [0.717, 1.165) is 82.1 Å². The number of carbonyl (C=O) groups is 1. The number of piperazine rings is 1. The molecule has 4 aliphatic heterocycles. The molecule has 306 valence electrons. The lowest BCUT2D eigenvalue weighted by molar-refractivity contribution is -0.100. The lowest BCUT2D eigenvalue weighted by Crippen LogP contribution is -2.61. The summed E-state index contributed by atoms with van der Waals surface area (Å²) < 4.78 is 49.6. The van der Waals surface area contributed by atoms with Gasteiger partial charge in [-0.25, -0.2) is 13.1 Å². The highest BCUT2D eigenvalue weighted by atomic mass is 35.5. The number of allylic oxidation sites excluding steroid dienone is 1. The Morgan fingerprint density at radius 3 is 2.70 bits per heavy atom. The number of halogens is 1. The molecule has 2 aliphatic carbocycles. The Kier molecular flexibility index (Phi) is 11.8. The fourth-order valence-electron chi connectivity index (χ4n) is 11.1. The van der Waals surface area contributed by atoms with Crippen LogP contribution in [0.3, 0.4) is 0 Å². The van der Waals surface area contributed by atoms with Crippen LogP contribution in [0.15, 0.2) is 48.6 Å². The third-order valence-electron chi connectivity index (χ3n) is 14.4. The van der Waals surface area contributed by atoms with Crippen LogP contribution < -0.4 is 14.4 Å². The first-order valence-corrected chi connectivity index (χ1v) is 23.0. The predicted octanol–water partition coefficient (Wildman–Crippen LogP) is 6.46. The number of fused-ring (bicyclic) bond motifs is 5. The molecule has 1 N–H and O–H groups in total. The summed E-state index contributed by atoms with van der Waals surface area (Å²) in [5, 5.41) is -0.0728. The number of benzene rings is 2. The second-order valence-corrected chi connectivity index (χ2v) is 20.1. The zero-order chi connectivity index (χ0) is 39.1. The van der Waals surface area contributed by atoms with E-state index in [4.69, 9.17) is 25.8 Å². The quantitative estimate of drug-likeness (QED) is 0.330. The Morgan fingerprint density at radius 1 is 1.02 bits per heavy atom. The van der Waals surface area contributed by atoms with Crippen LogP contribution in [-0.2, 0) is 31.3 Å². The number of aryl methyl sites for hydroxylation is 1. The molecular weight excluding hydrogens is 748 g/mol. The normalized spacial score (nSPS) is 34.2. The predicted molar refractivity (Wildman–Crippen MR) is 221 cm³/mol. The highest BCUT2D eigenvalue weighted by Gasteiger charge is 2.50. The SMILES string of the molecule is COCC[C@@H]1[C@@H](C)C/C=C/[C@](CN2CCN3CCCC[C@@H]3C2)(OC)[C@@H]2CC[C@H]2CN2C[C@@]3(CCCc4cc(Cl)ccc43)COc3ccc(cc32)C(=O)NS1(=O)=O. The van der Waals surface area contributed by atoms with Crippen molar-refractivity contribution in [3.05, 3.63) is 70.3 Å². The van der Waals surface area contributed by atoms with Gasteiger partial charge < -0.3 is 19.1 Å². The number of carbonyl (C=O) groups excluding carboxylic acids is 1. The van der Waals surface area contributed by atoms with Gasteiger partial charge in [0.25, 0.3) is 5.91 Å². The van der Waals surface area contributed by atoms with E-state index in [-0.39, 0.29) is 30.3 Å². The van der Waals surface area contributed by atoms with Gasteiger partial charge in [-0.2, -0.15) is 0 Å². The molecule has 8 rings (SSSR count). The second-order valence-electron chi connectivity index (χ2n) is 17.7. The molecule has 12 heteroatoms. The molecule has 7 atom stereocenters. The number of sulfonamides is 1. The Morgan fingerprint density at radius 2 is 1.89 bits per heavy atom. The van der Waals surface area contributed by atoms with Gasteiger partial charge in [-0.15, -0.1) is 0 Å². The lowest BCUT2D eigenvalue weighted by Gasteiger charge is -2.53. The van der Waals surface area contributed by atoms with Crippen LogP contribution in [0.4, 0.5) is 5.69 Å². The van der Waals surface area contributed by atoms with E-state index in [0.29, 0.717) is 36.3 Å². The number of hydrogen-bond donors (Lipinski definition) is 1. The van der Waals surface area contributed by atoms with Crippen molar-refractivity contribution in [1.29, 1.82) is 0 Å².